The summed E-state index contributed by atoms with van der Waals surface area (Å²) in [7, 11) is 2.07. The smallest absolute Gasteiger partial charge is 0.416 e. The Kier molecular flexibility index (Phi) is 5.70. The SMILES string of the molecule is CCc1cnc2c(N[C@@H]3CCCN(C)C3)nnc(-c3ccc(C(F)(F)F)cc3O)c2c1. The Balaban J connectivity index is 1.80. The molecule has 3 aromatic rings. The summed E-state index contributed by atoms with van der Waals surface area (Å²) in [5.74, 6) is 0.0371. The number of aromatic nitrogens is 3. The van der Waals surface area contributed by atoms with E-state index >= 15 is 0 Å². The normalized spacial score (nSPS) is 17.8. The van der Waals surface area contributed by atoms with Gasteiger partial charge >= 0.3 is 6.18 Å². The van der Waals surface area contributed by atoms with Crippen LogP contribution in [0.5, 0.6) is 5.75 Å². The van der Waals surface area contributed by atoms with E-state index in [1.165, 1.54) is 6.07 Å². The van der Waals surface area contributed by atoms with Crippen LogP contribution in [-0.4, -0.2) is 51.4 Å². The third kappa shape index (κ3) is 4.41. The Morgan fingerprint density at radius 1 is 1.23 bits per heavy atom. The van der Waals surface area contributed by atoms with Gasteiger partial charge in [0.25, 0.3) is 0 Å². The minimum atomic E-state index is -4.54. The number of fused-ring (bicyclic) bond motifs is 1. The van der Waals surface area contributed by atoms with Crippen molar-refractivity contribution < 1.29 is 18.3 Å². The fraction of sp³-hybridized carbons (Fsp3) is 0.409. The number of pyridine rings is 1. The number of alkyl halides is 3. The summed E-state index contributed by atoms with van der Waals surface area (Å²) in [6.45, 7) is 3.91. The maximum atomic E-state index is 13.0. The average molecular weight is 431 g/mol. The van der Waals surface area contributed by atoms with Crippen LogP contribution in [0, 0.1) is 0 Å². The number of rotatable bonds is 4. The van der Waals surface area contributed by atoms with Crippen molar-refractivity contribution in [3.8, 4) is 17.0 Å². The predicted octanol–water partition coefficient (Wildman–Crippen LogP) is 4.48. The number of phenolic OH excluding ortho intramolecular Hbond substituents is 1. The monoisotopic (exact) mass is 431 g/mol. The lowest BCUT2D eigenvalue weighted by Gasteiger charge is -2.30. The van der Waals surface area contributed by atoms with Crippen molar-refractivity contribution in [3.63, 3.8) is 0 Å². The second-order valence-electron chi connectivity index (χ2n) is 7.97. The molecule has 2 N–H and O–H groups in total. The summed E-state index contributed by atoms with van der Waals surface area (Å²) in [5.41, 5.74) is 1.10. The van der Waals surface area contributed by atoms with Crippen molar-refractivity contribution in [1.29, 1.82) is 0 Å². The second kappa shape index (κ2) is 8.30. The van der Waals surface area contributed by atoms with Gasteiger partial charge in [-0.1, -0.05) is 6.92 Å². The molecule has 0 amide bonds. The summed E-state index contributed by atoms with van der Waals surface area (Å²) in [4.78, 5) is 6.81. The number of likely N-dealkylation sites (N-methyl/N-ethyl adjacent to an activating group) is 1. The molecule has 0 aliphatic carbocycles. The molecule has 9 heteroatoms. The molecular weight excluding hydrogens is 407 g/mol. The molecule has 1 aromatic carbocycles. The van der Waals surface area contributed by atoms with Crippen LogP contribution >= 0.6 is 0 Å². The van der Waals surface area contributed by atoms with Crippen LogP contribution in [0.1, 0.15) is 30.9 Å². The Morgan fingerprint density at radius 2 is 2.03 bits per heavy atom. The molecule has 4 rings (SSSR count). The van der Waals surface area contributed by atoms with E-state index in [-0.39, 0.29) is 11.6 Å². The lowest BCUT2D eigenvalue weighted by molar-refractivity contribution is -0.137. The van der Waals surface area contributed by atoms with Gasteiger partial charge in [-0.25, -0.2) is 0 Å². The quantitative estimate of drug-likeness (QED) is 0.634. The number of benzene rings is 1. The van der Waals surface area contributed by atoms with E-state index in [9.17, 15) is 18.3 Å². The van der Waals surface area contributed by atoms with Gasteiger partial charge in [0.15, 0.2) is 5.82 Å². The fourth-order valence-corrected chi connectivity index (χ4v) is 3.95. The largest absolute Gasteiger partial charge is 0.507 e. The van der Waals surface area contributed by atoms with Crippen molar-refractivity contribution >= 4 is 16.7 Å². The van der Waals surface area contributed by atoms with E-state index in [2.05, 4.69) is 32.4 Å². The summed E-state index contributed by atoms with van der Waals surface area (Å²) >= 11 is 0. The van der Waals surface area contributed by atoms with Crippen molar-refractivity contribution in [2.45, 2.75) is 38.4 Å². The number of aromatic hydroxyl groups is 1. The maximum Gasteiger partial charge on any atom is 0.416 e. The number of halogens is 3. The highest BCUT2D eigenvalue weighted by Crippen LogP contribution is 2.38. The molecule has 2 aromatic heterocycles. The third-order valence-electron chi connectivity index (χ3n) is 5.63. The summed E-state index contributed by atoms with van der Waals surface area (Å²) in [6.07, 6.45) is 0.0343. The molecule has 1 fully saturated rings. The first-order chi connectivity index (χ1) is 14.8. The summed E-state index contributed by atoms with van der Waals surface area (Å²) in [5, 5.41) is 23.0. The van der Waals surface area contributed by atoms with E-state index in [1.54, 1.807) is 6.20 Å². The van der Waals surface area contributed by atoms with Gasteiger partial charge in [-0.05, 0) is 62.7 Å². The molecule has 1 aliphatic rings. The molecule has 164 valence electrons. The van der Waals surface area contributed by atoms with E-state index in [4.69, 9.17) is 0 Å². The Bertz CT molecular complexity index is 1100. The minimum Gasteiger partial charge on any atom is -0.507 e. The number of hydrogen-bond donors (Lipinski definition) is 2. The van der Waals surface area contributed by atoms with Crippen LogP contribution in [0.4, 0.5) is 19.0 Å². The molecule has 0 bridgehead atoms. The highest BCUT2D eigenvalue weighted by molar-refractivity contribution is 5.98. The van der Waals surface area contributed by atoms with E-state index in [1.807, 2.05) is 13.0 Å². The van der Waals surface area contributed by atoms with E-state index < -0.39 is 17.5 Å². The number of piperidine rings is 1. The molecule has 31 heavy (non-hydrogen) atoms. The molecule has 6 nitrogen and oxygen atoms in total. The number of nitrogens with zero attached hydrogens (tertiary/aromatic N) is 4. The molecule has 1 atom stereocenters. The topological polar surface area (TPSA) is 74.2 Å². The zero-order chi connectivity index (χ0) is 22.2. The lowest BCUT2D eigenvalue weighted by atomic mass is 10.0. The van der Waals surface area contributed by atoms with Gasteiger partial charge < -0.3 is 15.3 Å². The van der Waals surface area contributed by atoms with Gasteiger partial charge in [0.05, 0.1) is 5.56 Å². The first-order valence-corrected chi connectivity index (χ1v) is 10.3. The van der Waals surface area contributed by atoms with Crippen LogP contribution in [0.15, 0.2) is 30.5 Å². The van der Waals surface area contributed by atoms with Crippen LogP contribution in [0.25, 0.3) is 22.2 Å². The predicted molar refractivity (Wildman–Crippen MR) is 113 cm³/mol. The number of phenols is 1. The zero-order valence-corrected chi connectivity index (χ0v) is 17.4. The van der Waals surface area contributed by atoms with Crippen molar-refractivity contribution in [2.75, 3.05) is 25.5 Å². The molecule has 0 saturated carbocycles. The molecule has 0 radical (unpaired) electrons. The minimum absolute atomic E-state index is 0.185. The van der Waals surface area contributed by atoms with Crippen molar-refractivity contribution in [3.05, 3.63) is 41.6 Å². The van der Waals surface area contributed by atoms with Crippen molar-refractivity contribution in [2.24, 2.45) is 0 Å². The molecule has 1 aliphatic heterocycles. The number of anilines is 1. The van der Waals surface area contributed by atoms with Gasteiger partial charge in [0.1, 0.15) is 17.0 Å². The lowest BCUT2D eigenvalue weighted by Crippen LogP contribution is -2.40. The average Bonchev–Trinajstić information content (AvgIpc) is 2.73. The Labute approximate surface area is 178 Å². The van der Waals surface area contributed by atoms with E-state index in [0.717, 1.165) is 44.0 Å². The zero-order valence-electron chi connectivity index (χ0n) is 17.4. The van der Waals surface area contributed by atoms with E-state index in [0.29, 0.717) is 28.5 Å². The van der Waals surface area contributed by atoms with Gasteiger partial charge in [0, 0.05) is 29.7 Å². The molecular formula is C22H24F3N5O. The second-order valence-corrected chi connectivity index (χ2v) is 7.97. The fourth-order valence-electron chi connectivity index (χ4n) is 3.95. The van der Waals surface area contributed by atoms with Gasteiger partial charge in [0.2, 0.25) is 0 Å². The number of nitrogens with one attached hydrogen (secondary N) is 1. The Morgan fingerprint density at radius 3 is 2.71 bits per heavy atom. The summed E-state index contributed by atoms with van der Waals surface area (Å²) < 4.78 is 39.0. The molecule has 0 unspecified atom stereocenters. The number of hydrogen-bond acceptors (Lipinski definition) is 6. The van der Waals surface area contributed by atoms with Crippen LogP contribution < -0.4 is 5.32 Å². The molecule has 1 saturated heterocycles. The number of likely N-dealkylation sites (tertiary alicyclic amines) is 1. The standard InChI is InChI=1S/C22H24F3N5O/c1-3-13-9-17-19(16-7-6-14(10-18(16)31)22(23,24)25)28-29-21(20(17)26-11-13)27-15-5-4-8-30(2)12-15/h6-7,9-11,15,31H,3-5,8,12H2,1-2H3,(H,27,29)/t15-/m1/s1. The van der Waals surface area contributed by atoms with Gasteiger partial charge in [-0.15, -0.1) is 10.2 Å². The summed E-state index contributed by atoms with van der Waals surface area (Å²) in [6, 6.07) is 4.98. The third-order valence-corrected chi connectivity index (χ3v) is 5.63. The van der Waals surface area contributed by atoms with Gasteiger partial charge in [-0.3, -0.25) is 4.98 Å². The highest BCUT2D eigenvalue weighted by Gasteiger charge is 2.31. The number of aryl methyl sites for hydroxylation is 1. The van der Waals surface area contributed by atoms with Crippen LogP contribution in [-0.2, 0) is 12.6 Å². The highest BCUT2D eigenvalue weighted by atomic mass is 19.4. The van der Waals surface area contributed by atoms with Gasteiger partial charge in [-0.2, -0.15) is 13.2 Å². The Hall–Kier alpha value is -2.94. The van der Waals surface area contributed by atoms with Crippen LogP contribution in [0.2, 0.25) is 0 Å². The molecule has 3 heterocycles. The van der Waals surface area contributed by atoms with Crippen LogP contribution in [0.3, 0.4) is 0 Å². The first-order valence-electron chi connectivity index (χ1n) is 10.3. The first kappa shape index (κ1) is 21.3. The van der Waals surface area contributed by atoms with Crippen molar-refractivity contribution in [1.82, 2.24) is 20.1 Å². The maximum absolute atomic E-state index is 13.0. The molecule has 0 spiro atoms.